The quantitative estimate of drug-likeness (QED) is 0.779. The van der Waals surface area contributed by atoms with Crippen LogP contribution in [0.25, 0.3) is 11.4 Å². The van der Waals surface area contributed by atoms with Crippen molar-refractivity contribution in [2.75, 3.05) is 5.32 Å². The van der Waals surface area contributed by atoms with Crippen LogP contribution in [0.15, 0.2) is 24.3 Å². The lowest BCUT2D eigenvalue weighted by molar-refractivity contribution is 0.126. The molecular formula is C13H17N5O. The van der Waals surface area contributed by atoms with Gasteiger partial charge >= 0.3 is 0 Å². The Kier molecular flexibility index (Phi) is 3.41. The molecule has 0 spiro atoms. The zero-order valence-electron chi connectivity index (χ0n) is 10.6. The molecule has 0 amide bonds. The number of benzene rings is 1. The van der Waals surface area contributed by atoms with Crippen molar-refractivity contribution in [2.24, 2.45) is 0 Å². The van der Waals surface area contributed by atoms with Crippen LogP contribution in [0.3, 0.4) is 0 Å². The average Bonchev–Trinajstić information content (AvgIpc) is 2.96. The summed E-state index contributed by atoms with van der Waals surface area (Å²) in [5.41, 5.74) is 2.00. The zero-order valence-corrected chi connectivity index (χ0v) is 10.6. The summed E-state index contributed by atoms with van der Waals surface area (Å²) in [6, 6.07) is 8.43. The van der Waals surface area contributed by atoms with Gasteiger partial charge in [-0.3, -0.25) is 0 Å². The molecule has 1 aliphatic rings. The molecule has 1 aromatic carbocycles. The van der Waals surface area contributed by atoms with Crippen LogP contribution in [0.5, 0.6) is 0 Å². The van der Waals surface area contributed by atoms with Crippen LogP contribution >= 0.6 is 0 Å². The molecule has 0 atom stereocenters. The Bertz CT molecular complexity index is 520. The molecule has 1 fully saturated rings. The maximum atomic E-state index is 9.51. The molecule has 0 bridgehead atoms. The van der Waals surface area contributed by atoms with Gasteiger partial charge in [0.2, 0.25) is 5.82 Å². The van der Waals surface area contributed by atoms with Crippen molar-refractivity contribution in [3.63, 3.8) is 0 Å². The van der Waals surface area contributed by atoms with E-state index in [2.05, 4.69) is 25.9 Å². The van der Waals surface area contributed by atoms with E-state index in [1.165, 1.54) is 0 Å². The number of nitrogens with zero attached hydrogens (tertiary/aromatic N) is 3. The van der Waals surface area contributed by atoms with E-state index < -0.39 is 0 Å². The summed E-state index contributed by atoms with van der Waals surface area (Å²) in [6.45, 7) is 0. The molecule has 6 heteroatoms. The second-order valence-corrected chi connectivity index (χ2v) is 4.97. The summed E-state index contributed by atoms with van der Waals surface area (Å²) in [4.78, 5) is 0. The molecule has 3 N–H and O–H groups in total. The normalized spacial score (nSPS) is 23.2. The fraction of sp³-hybridized carbons (Fsp3) is 0.462. The molecule has 1 saturated carbocycles. The first-order valence-corrected chi connectivity index (χ1v) is 6.60. The standard InChI is InChI=1S/C13H17N5O/c19-12-6-4-10(5-7-12)14-11-3-1-2-9(8-11)13-15-17-18-16-13/h1-3,8,10,12,14,19H,4-7H2,(H,15,16,17,18). The summed E-state index contributed by atoms with van der Waals surface area (Å²) in [5, 5.41) is 27.0. The average molecular weight is 259 g/mol. The van der Waals surface area contributed by atoms with Crippen molar-refractivity contribution in [1.82, 2.24) is 20.6 Å². The van der Waals surface area contributed by atoms with Gasteiger partial charge in [-0.1, -0.05) is 12.1 Å². The van der Waals surface area contributed by atoms with Gasteiger partial charge in [-0.05, 0) is 43.0 Å². The highest BCUT2D eigenvalue weighted by Crippen LogP contribution is 2.24. The molecule has 2 aromatic rings. The molecule has 0 saturated heterocycles. The minimum absolute atomic E-state index is 0.122. The zero-order chi connectivity index (χ0) is 13.1. The number of anilines is 1. The third kappa shape index (κ3) is 2.90. The first kappa shape index (κ1) is 12.1. The topological polar surface area (TPSA) is 86.7 Å². The molecule has 19 heavy (non-hydrogen) atoms. The Labute approximate surface area is 111 Å². The van der Waals surface area contributed by atoms with Gasteiger partial charge in [0.25, 0.3) is 0 Å². The first-order valence-electron chi connectivity index (χ1n) is 6.60. The molecule has 6 nitrogen and oxygen atoms in total. The largest absolute Gasteiger partial charge is 0.393 e. The Balaban J connectivity index is 1.70. The van der Waals surface area contributed by atoms with Crippen LogP contribution in [0.4, 0.5) is 5.69 Å². The lowest BCUT2D eigenvalue weighted by atomic mass is 9.93. The molecular weight excluding hydrogens is 242 g/mol. The van der Waals surface area contributed by atoms with E-state index in [1.54, 1.807) is 0 Å². The fourth-order valence-corrected chi connectivity index (χ4v) is 2.49. The summed E-state index contributed by atoms with van der Waals surface area (Å²) < 4.78 is 0. The van der Waals surface area contributed by atoms with E-state index >= 15 is 0 Å². The van der Waals surface area contributed by atoms with Gasteiger partial charge in [0.1, 0.15) is 0 Å². The van der Waals surface area contributed by atoms with Crippen molar-refractivity contribution >= 4 is 5.69 Å². The molecule has 3 rings (SSSR count). The monoisotopic (exact) mass is 259 g/mol. The van der Waals surface area contributed by atoms with Crippen LogP contribution in [0.2, 0.25) is 0 Å². The highest BCUT2D eigenvalue weighted by molar-refractivity contribution is 5.61. The summed E-state index contributed by atoms with van der Waals surface area (Å²) in [6.07, 6.45) is 3.65. The number of aromatic nitrogens is 4. The molecule has 1 aliphatic carbocycles. The maximum absolute atomic E-state index is 9.51. The fourth-order valence-electron chi connectivity index (χ4n) is 2.49. The third-order valence-electron chi connectivity index (χ3n) is 3.53. The SMILES string of the molecule is OC1CCC(Nc2cccc(-c3nn[nH]n3)c2)CC1. The van der Waals surface area contributed by atoms with Crippen LogP contribution in [-0.4, -0.2) is 37.9 Å². The van der Waals surface area contributed by atoms with Crippen molar-refractivity contribution in [1.29, 1.82) is 0 Å². The lowest BCUT2D eigenvalue weighted by Crippen LogP contribution is -2.28. The van der Waals surface area contributed by atoms with E-state index in [1.807, 2.05) is 24.3 Å². The number of hydrogen-bond donors (Lipinski definition) is 3. The van der Waals surface area contributed by atoms with E-state index in [0.717, 1.165) is 36.9 Å². The van der Waals surface area contributed by atoms with Crippen molar-refractivity contribution in [3.8, 4) is 11.4 Å². The highest BCUT2D eigenvalue weighted by Gasteiger charge is 2.19. The van der Waals surface area contributed by atoms with Crippen molar-refractivity contribution < 1.29 is 5.11 Å². The van der Waals surface area contributed by atoms with Crippen molar-refractivity contribution in [2.45, 2.75) is 37.8 Å². The van der Waals surface area contributed by atoms with Crippen molar-refractivity contribution in [3.05, 3.63) is 24.3 Å². The van der Waals surface area contributed by atoms with Crippen LogP contribution in [0.1, 0.15) is 25.7 Å². The minimum Gasteiger partial charge on any atom is -0.393 e. The number of aliphatic hydroxyl groups is 1. The summed E-state index contributed by atoms with van der Waals surface area (Å²) in [7, 11) is 0. The lowest BCUT2D eigenvalue weighted by Gasteiger charge is -2.27. The number of nitrogens with one attached hydrogen (secondary N) is 2. The van der Waals surface area contributed by atoms with Crippen LogP contribution in [-0.2, 0) is 0 Å². The number of H-pyrrole nitrogens is 1. The smallest absolute Gasteiger partial charge is 0.204 e. The molecule has 100 valence electrons. The molecule has 0 radical (unpaired) electrons. The van der Waals surface area contributed by atoms with Gasteiger partial charge in [-0.25, -0.2) is 0 Å². The molecule has 1 aromatic heterocycles. The van der Waals surface area contributed by atoms with E-state index in [-0.39, 0.29) is 6.10 Å². The van der Waals surface area contributed by atoms with E-state index in [9.17, 15) is 5.11 Å². The Morgan fingerprint density at radius 1 is 1.21 bits per heavy atom. The van der Waals surface area contributed by atoms with Gasteiger partial charge < -0.3 is 10.4 Å². The number of aliphatic hydroxyl groups excluding tert-OH is 1. The van der Waals surface area contributed by atoms with Gasteiger partial charge in [0, 0.05) is 17.3 Å². The Hall–Kier alpha value is -1.95. The number of rotatable bonds is 3. The van der Waals surface area contributed by atoms with Gasteiger partial charge in [0.15, 0.2) is 0 Å². The Morgan fingerprint density at radius 3 is 2.79 bits per heavy atom. The molecule has 0 aliphatic heterocycles. The Morgan fingerprint density at radius 2 is 2.05 bits per heavy atom. The summed E-state index contributed by atoms with van der Waals surface area (Å²) >= 11 is 0. The van der Waals surface area contributed by atoms with E-state index in [0.29, 0.717) is 11.9 Å². The predicted octanol–water partition coefficient (Wildman–Crippen LogP) is 1.58. The van der Waals surface area contributed by atoms with Crippen LogP contribution in [0, 0.1) is 0 Å². The predicted molar refractivity (Wildman–Crippen MR) is 71.5 cm³/mol. The summed E-state index contributed by atoms with van der Waals surface area (Å²) in [5.74, 6) is 0.600. The minimum atomic E-state index is -0.122. The third-order valence-corrected chi connectivity index (χ3v) is 3.53. The van der Waals surface area contributed by atoms with E-state index in [4.69, 9.17) is 0 Å². The maximum Gasteiger partial charge on any atom is 0.204 e. The second kappa shape index (κ2) is 5.36. The molecule has 1 heterocycles. The number of hydrogen-bond acceptors (Lipinski definition) is 5. The van der Waals surface area contributed by atoms with Gasteiger partial charge in [0.05, 0.1) is 6.10 Å². The number of aromatic amines is 1. The van der Waals surface area contributed by atoms with Gasteiger partial charge in [-0.15, -0.1) is 10.2 Å². The molecule has 0 unspecified atom stereocenters. The first-order chi connectivity index (χ1) is 9.31. The second-order valence-electron chi connectivity index (χ2n) is 4.97. The van der Waals surface area contributed by atoms with Gasteiger partial charge in [-0.2, -0.15) is 5.21 Å². The van der Waals surface area contributed by atoms with Crippen LogP contribution < -0.4 is 5.32 Å². The highest BCUT2D eigenvalue weighted by atomic mass is 16.3. The number of tetrazole rings is 1.